The Morgan fingerprint density at radius 3 is 2.94 bits per heavy atom. The van der Waals surface area contributed by atoms with Crippen LogP contribution in [0.25, 0.3) is 0 Å². The van der Waals surface area contributed by atoms with Crippen LogP contribution in [0.3, 0.4) is 0 Å². The van der Waals surface area contributed by atoms with Crippen LogP contribution < -0.4 is 10.5 Å². The maximum atomic E-state index is 6.09. The lowest BCUT2D eigenvalue weighted by Gasteiger charge is -2.39. The van der Waals surface area contributed by atoms with Gasteiger partial charge in [-0.3, -0.25) is 0 Å². The summed E-state index contributed by atoms with van der Waals surface area (Å²) in [6.45, 7) is 3.16. The molecular formula is C16H25NO. The van der Waals surface area contributed by atoms with Crippen molar-refractivity contribution in [3.05, 3.63) is 29.8 Å². The fraction of sp³-hybridized carbons (Fsp3) is 0.625. The lowest BCUT2D eigenvalue weighted by atomic mass is 9.67. The highest BCUT2D eigenvalue weighted by Gasteiger charge is 2.33. The van der Waals surface area contributed by atoms with Crippen molar-refractivity contribution in [1.82, 2.24) is 0 Å². The highest BCUT2D eigenvalue weighted by molar-refractivity contribution is 5.29. The molecule has 0 amide bonds. The Morgan fingerprint density at radius 2 is 2.28 bits per heavy atom. The summed E-state index contributed by atoms with van der Waals surface area (Å²) in [5, 5.41) is 0. The minimum Gasteiger partial charge on any atom is -0.497 e. The molecule has 2 nitrogen and oxygen atoms in total. The van der Waals surface area contributed by atoms with Gasteiger partial charge >= 0.3 is 0 Å². The lowest BCUT2D eigenvalue weighted by Crippen LogP contribution is -2.37. The van der Waals surface area contributed by atoms with Crippen LogP contribution in [0.15, 0.2) is 24.3 Å². The van der Waals surface area contributed by atoms with Gasteiger partial charge in [-0.1, -0.05) is 31.9 Å². The first-order chi connectivity index (χ1) is 8.67. The SMILES string of the molecule is COc1cccc(CC2(CN)CCCC(C)C2)c1. The number of benzene rings is 1. The van der Waals surface area contributed by atoms with Crippen LogP contribution in [0.1, 0.15) is 38.2 Å². The Balaban J connectivity index is 2.13. The van der Waals surface area contributed by atoms with E-state index in [2.05, 4.69) is 25.1 Å². The van der Waals surface area contributed by atoms with Gasteiger partial charge in [-0.15, -0.1) is 0 Å². The van der Waals surface area contributed by atoms with Crippen LogP contribution in [0.2, 0.25) is 0 Å². The molecule has 1 aromatic carbocycles. The van der Waals surface area contributed by atoms with Crippen molar-refractivity contribution in [1.29, 1.82) is 0 Å². The molecule has 2 rings (SSSR count). The Morgan fingerprint density at radius 1 is 1.44 bits per heavy atom. The van der Waals surface area contributed by atoms with Crippen LogP contribution in [0.4, 0.5) is 0 Å². The first-order valence-corrected chi connectivity index (χ1v) is 7.00. The highest BCUT2D eigenvalue weighted by Crippen LogP contribution is 2.41. The molecule has 1 aliphatic carbocycles. The molecule has 1 saturated carbocycles. The molecule has 0 bridgehead atoms. The second-order valence-electron chi connectivity index (χ2n) is 5.93. The van der Waals surface area contributed by atoms with E-state index in [-0.39, 0.29) is 0 Å². The molecule has 0 spiro atoms. The fourth-order valence-corrected chi connectivity index (χ4v) is 3.40. The maximum absolute atomic E-state index is 6.09. The summed E-state index contributed by atoms with van der Waals surface area (Å²) in [5.74, 6) is 1.76. The normalized spacial score (nSPS) is 28.1. The van der Waals surface area contributed by atoms with Gasteiger partial charge in [0.05, 0.1) is 7.11 Å². The number of ether oxygens (including phenoxy) is 1. The first kappa shape index (κ1) is 13.4. The van der Waals surface area contributed by atoms with Crippen molar-refractivity contribution in [2.75, 3.05) is 13.7 Å². The van der Waals surface area contributed by atoms with Crippen molar-refractivity contribution in [3.8, 4) is 5.75 Å². The van der Waals surface area contributed by atoms with E-state index in [1.54, 1.807) is 7.11 Å². The molecule has 0 aliphatic heterocycles. The summed E-state index contributed by atoms with van der Waals surface area (Å²) in [5.41, 5.74) is 7.75. The first-order valence-electron chi connectivity index (χ1n) is 7.00. The van der Waals surface area contributed by atoms with E-state index in [4.69, 9.17) is 10.5 Å². The maximum Gasteiger partial charge on any atom is 0.119 e. The van der Waals surface area contributed by atoms with Gasteiger partial charge in [-0.05, 0) is 54.8 Å². The standard InChI is InChI=1S/C16H25NO/c1-13-5-4-8-16(10-13,12-17)11-14-6-3-7-15(9-14)18-2/h3,6-7,9,13H,4-5,8,10-12,17H2,1-2H3. The molecule has 1 fully saturated rings. The third-order valence-electron chi connectivity index (χ3n) is 4.33. The van der Waals surface area contributed by atoms with Gasteiger partial charge in [0, 0.05) is 0 Å². The molecule has 2 N–H and O–H groups in total. The average molecular weight is 247 g/mol. The zero-order valence-corrected chi connectivity index (χ0v) is 11.6. The van der Waals surface area contributed by atoms with Crippen molar-refractivity contribution in [3.63, 3.8) is 0 Å². The summed E-state index contributed by atoms with van der Waals surface area (Å²) in [6, 6.07) is 8.42. The molecule has 0 aromatic heterocycles. The second kappa shape index (κ2) is 5.75. The van der Waals surface area contributed by atoms with E-state index in [0.29, 0.717) is 5.41 Å². The summed E-state index contributed by atoms with van der Waals surface area (Å²) < 4.78 is 5.30. The van der Waals surface area contributed by atoms with Crippen LogP contribution in [0.5, 0.6) is 5.75 Å². The van der Waals surface area contributed by atoms with Gasteiger partial charge in [-0.25, -0.2) is 0 Å². The smallest absolute Gasteiger partial charge is 0.119 e. The molecule has 2 atom stereocenters. The van der Waals surface area contributed by atoms with Crippen LogP contribution in [-0.4, -0.2) is 13.7 Å². The predicted octanol–water partition coefficient (Wildman–Crippen LogP) is 3.39. The third kappa shape index (κ3) is 3.05. The van der Waals surface area contributed by atoms with Crippen LogP contribution >= 0.6 is 0 Å². The number of hydrogen-bond acceptors (Lipinski definition) is 2. The number of methoxy groups -OCH3 is 1. The monoisotopic (exact) mass is 247 g/mol. The molecular weight excluding hydrogens is 222 g/mol. The molecule has 18 heavy (non-hydrogen) atoms. The van der Waals surface area contributed by atoms with Crippen molar-refractivity contribution >= 4 is 0 Å². The van der Waals surface area contributed by atoms with Crippen molar-refractivity contribution in [2.24, 2.45) is 17.1 Å². The van der Waals surface area contributed by atoms with Gasteiger partial charge in [0.15, 0.2) is 0 Å². The van der Waals surface area contributed by atoms with Gasteiger partial charge in [-0.2, -0.15) is 0 Å². The molecule has 100 valence electrons. The zero-order chi connectivity index (χ0) is 13.0. The summed E-state index contributed by atoms with van der Waals surface area (Å²) in [4.78, 5) is 0. The molecule has 0 heterocycles. The minimum absolute atomic E-state index is 0.310. The lowest BCUT2D eigenvalue weighted by molar-refractivity contribution is 0.154. The third-order valence-corrected chi connectivity index (χ3v) is 4.33. The molecule has 0 saturated heterocycles. The molecule has 2 unspecified atom stereocenters. The highest BCUT2D eigenvalue weighted by atomic mass is 16.5. The summed E-state index contributed by atoms with van der Waals surface area (Å²) in [7, 11) is 1.72. The predicted molar refractivity (Wildman–Crippen MR) is 75.8 cm³/mol. The van der Waals surface area contributed by atoms with E-state index in [0.717, 1.165) is 24.6 Å². The number of hydrogen-bond donors (Lipinski definition) is 1. The van der Waals surface area contributed by atoms with E-state index < -0.39 is 0 Å². The average Bonchev–Trinajstić information content (AvgIpc) is 2.39. The Labute approximate surface area is 111 Å². The van der Waals surface area contributed by atoms with Gasteiger partial charge in [0.2, 0.25) is 0 Å². The van der Waals surface area contributed by atoms with E-state index in [9.17, 15) is 0 Å². The Bertz CT molecular complexity index is 390. The quantitative estimate of drug-likeness (QED) is 0.885. The van der Waals surface area contributed by atoms with Crippen LogP contribution in [-0.2, 0) is 6.42 Å². The largest absolute Gasteiger partial charge is 0.497 e. The Kier molecular flexibility index (Phi) is 4.28. The van der Waals surface area contributed by atoms with Crippen molar-refractivity contribution < 1.29 is 4.74 Å². The summed E-state index contributed by atoms with van der Waals surface area (Å²) >= 11 is 0. The number of rotatable bonds is 4. The van der Waals surface area contributed by atoms with Gasteiger partial charge in [0.25, 0.3) is 0 Å². The molecule has 1 aromatic rings. The van der Waals surface area contributed by atoms with Gasteiger partial charge in [0.1, 0.15) is 5.75 Å². The minimum atomic E-state index is 0.310. The van der Waals surface area contributed by atoms with E-state index in [1.807, 2.05) is 6.07 Å². The topological polar surface area (TPSA) is 35.2 Å². The molecule has 1 aliphatic rings. The Hall–Kier alpha value is -1.02. The van der Waals surface area contributed by atoms with Crippen LogP contribution in [0, 0.1) is 11.3 Å². The number of nitrogens with two attached hydrogens (primary N) is 1. The van der Waals surface area contributed by atoms with E-state index >= 15 is 0 Å². The summed E-state index contributed by atoms with van der Waals surface area (Å²) in [6.07, 6.45) is 6.30. The fourth-order valence-electron chi connectivity index (χ4n) is 3.40. The molecule has 0 radical (unpaired) electrons. The van der Waals surface area contributed by atoms with Crippen molar-refractivity contribution in [2.45, 2.75) is 39.0 Å². The van der Waals surface area contributed by atoms with E-state index in [1.165, 1.54) is 31.2 Å². The second-order valence-corrected chi connectivity index (χ2v) is 5.93. The molecule has 2 heteroatoms. The van der Waals surface area contributed by atoms with Gasteiger partial charge < -0.3 is 10.5 Å². The zero-order valence-electron chi connectivity index (χ0n) is 11.6.